The summed E-state index contributed by atoms with van der Waals surface area (Å²) in [6.07, 6.45) is 4.22. The minimum absolute atomic E-state index is 0.153. The van der Waals surface area contributed by atoms with Gasteiger partial charge in [0.05, 0.1) is 7.11 Å². The van der Waals surface area contributed by atoms with Crippen LogP contribution in [0.2, 0.25) is 0 Å². The number of esters is 1. The number of amides is 3. The summed E-state index contributed by atoms with van der Waals surface area (Å²) in [5.41, 5.74) is 1.56. The Kier molecular flexibility index (Phi) is 10.6. The topological polar surface area (TPSA) is 125 Å². The van der Waals surface area contributed by atoms with Crippen molar-refractivity contribution in [2.75, 3.05) is 13.7 Å². The quantitative estimate of drug-likeness (QED) is 0.203. The molecule has 0 aromatic rings. The van der Waals surface area contributed by atoms with Gasteiger partial charge >= 0.3 is 5.97 Å². The molecule has 0 saturated carbocycles. The summed E-state index contributed by atoms with van der Waals surface area (Å²) in [4.78, 5) is 51.0. The molecule has 1 rings (SSSR count). The minimum atomic E-state index is -0.807. The highest BCUT2D eigenvalue weighted by Crippen LogP contribution is 2.22. The van der Waals surface area contributed by atoms with Crippen molar-refractivity contribution in [1.82, 2.24) is 15.7 Å². The van der Waals surface area contributed by atoms with E-state index in [1.807, 2.05) is 20.8 Å². The summed E-state index contributed by atoms with van der Waals surface area (Å²) in [7, 11) is 1.29. The molecular weight excluding hydrogens is 378 g/mol. The molecule has 0 aromatic heterocycles. The number of carbonyl (C=O) groups excluding carboxylic acids is 4. The number of unbranched alkanes of at least 4 members (excludes halogenated alkanes) is 2. The monoisotopic (exact) mass is 413 g/mol. The molecular formula is C20H35N3O6. The average Bonchev–Trinajstić information content (AvgIpc) is 3.19. The lowest BCUT2D eigenvalue weighted by Crippen LogP contribution is -2.55. The summed E-state index contributed by atoms with van der Waals surface area (Å²) in [5.74, 6) is -2.65. The molecule has 0 radical (unpaired) electrons. The average molecular weight is 414 g/mol. The van der Waals surface area contributed by atoms with Crippen LogP contribution in [-0.4, -0.2) is 59.5 Å². The highest BCUT2D eigenvalue weighted by molar-refractivity contribution is 5.93. The summed E-state index contributed by atoms with van der Waals surface area (Å²) >= 11 is 0. The van der Waals surface area contributed by atoms with Crippen LogP contribution in [0.1, 0.15) is 65.7 Å². The lowest BCUT2D eigenvalue weighted by Gasteiger charge is -2.30. The van der Waals surface area contributed by atoms with Gasteiger partial charge < -0.3 is 15.0 Å². The van der Waals surface area contributed by atoms with Crippen molar-refractivity contribution < 1.29 is 29.1 Å². The van der Waals surface area contributed by atoms with Gasteiger partial charge in [-0.05, 0) is 25.2 Å². The van der Waals surface area contributed by atoms with E-state index in [4.69, 9.17) is 9.94 Å². The van der Waals surface area contributed by atoms with Gasteiger partial charge in [-0.2, -0.15) is 0 Å². The van der Waals surface area contributed by atoms with Gasteiger partial charge in [0.15, 0.2) is 0 Å². The Morgan fingerprint density at radius 2 is 1.90 bits per heavy atom. The van der Waals surface area contributed by atoms with E-state index in [0.717, 1.165) is 19.3 Å². The molecule has 166 valence electrons. The molecule has 3 amide bonds. The molecule has 29 heavy (non-hydrogen) atoms. The van der Waals surface area contributed by atoms with Gasteiger partial charge in [0.2, 0.25) is 17.7 Å². The van der Waals surface area contributed by atoms with Crippen LogP contribution in [-0.2, 0) is 23.9 Å². The van der Waals surface area contributed by atoms with Crippen LogP contribution in [0, 0.1) is 11.8 Å². The van der Waals surface area contributed by atoms with Gasteiger partial charge in [-0.25, -0.2) is 10.3 Å². The number of likely N-dealkylation sites (tertiary alicyclic amines) is 1. The number of carbonyl (C=O) groups is 4. The first-order valence-electron chi connectivity index (χ1n) is 10.4. The lowest BCUT2D eigenvalue weighted by atomic mass is 9.94. The molecule has 0 spiro atoms. The Balaban J connectivity index is 2.90. The lowest BCUT2D eigenvalue weighted by molar-refractivity contribution is -0.152. The Morgan fingerprint density at radius 1 is 1.21 bits per heavy atom. The van der Waals surface area contributed by atoms with Crippen molar-refractivity contribution in [2.45, 2.75) is 77.8 Å². The maximum absolute atomic E-state index is 13.1. The van der Waals surface area contributed by atoms with Gasteiger partial charge in [0.25, 0.3) is 0 Å². The van der Waals surface area contributed by atoms with Crippen LogP contribution in [0.3, 0.4) is 0 Å². The first-order valence-corrected chi connectivity index (χ1v) is 10.4. The summed E-state index contributed by atoms with van der Waals surface area (Å²) in [6.45, 7) is 6.11. The standard InChI is InChI=1S/C20H35N3O6/c1-5-6-7-9-14(12-16(24)22-28)18(25)21-17(13(2)3)19(26)23-11-8-10-15(23)20(27)29-4/h13-15,17,28H,5-12H2,1-4H3,(H,21,25)(H,22,24)/t14-,15+,17+/m1/s1. The van der Waals surface area contributed by atoms with Crippen molar-refractivity contribution in [3.63, 3.8) is 0 Å². The zero-order valence-corrected chi connectivity index (χ0v) is 17.9. The largest absolute Gasteiger partial charge is 0.467 e. The highest BCUT2D eigenvalue weighted by atomic mass is 16.5. The predicted octanol–water partition coefficient (Wildman–Crippen LogP) is 1.38. The minimum Gasteiger partial charge on any atom is -0.467 e. The number of hydrogen-bond acceptors (Lipinski definition) is 6. The third kappa shape index (κ3) is 7.30. The van der Waals surface area contributed by atoms with E-state index >= 15 is 0 Å². The second-order valence-electron chi connectivity index (χ2n) is 7.87. The SMILES string of the molecule is CCCCC[C@H](CC(=O)NO)C(=O)N[C@H](C(=O)N1CCC[C@H]1C(=O)OC)C(C)C. The fourth-order valence-corrected chi connectivity index (χ4v) is 3.61. The normalized spacial score (nSPS) is 18.3. The Hall–Kier alpha value is -2.16. The molecule has 3 N–H and O–H groups in total. The smallest absolute Gasteiger partial charge is 0.328 e. The van der Waals surface area contributed by atoms with E-state index in [0.29, 0.717) is 25.8 Å². The van der Waals surface area contributed by atoms with Crippen molar-refractivity contribution >= 4 is 23.7 Å². The van der Waals surface area contributed by atoms with E-state index in [9.17, 15) is 19.2 Å². The fraction of sp³-hybridized carbons (Fsp3) is 0.800. The number of rotatable bonds is 11. The maximum Gasteiger partial charge on any atom is 0.328 e. The van der Waals surface area contributed by atoms with Crippen molar-refractivity contribution in [3.8, 4) is 0 Å². The molecule has 1 aliphatic heterocycles. The first-order chi connectivity index (χ1) is 13.8. The molecule has 1 saturated heterocycles. The van der Waals surface area contributed by atoms with Crippen LogP contribution in [0.4, 0.5) is 0 Å². The van der Waals surface area contributed by atoms with E-state index in [1.54, 1.807) is 5.48 Å². The molecule has 0 bridgehead atoms. The molecule has 0 unspecified atom stereocenters. The third-order valence-corrected chi connectivity index (χ3v) is 5.32. The fourth-order valence-electron chi connectivity index (χ4n) is 3.61. The van der Waals surface area contributed by atoms with Gasteiger partial charge in [-0.15, -0.1) is 0 Å². The third-order valence-electron chi connectivity index (χ3n) is 5.32. The van der Waals surface area contributed by atoms with Crippen LogP contribution in [0.25, 0.3) is 0 Å². The molecule has 0 aromatic carbocycles. The van der Waals surface area contributed by atoms with Crippen LogP contribution in [0.5, 0.6) is 0 Å². The van der Waals surface area contributed by atoms with Gasteiger partial charge in [0.1, 0.15) is 12.1 Å². The van der Waals surface area contributed by atoms with E-state index in [1.165, 1.54) is 12.0 Å². The molecule has 9 nitrogen and oxygen atoms in total. The molecule has 0 aliphatic carbocycles. The summed E-state index contributed by atoms with van der Waals surface area (Å²) < 4.78 is 4.80. The van der Waals surface area contributed by atoms with Crippen molar-refractivity contribution in [3.05, 3.63) is 0 Å². The van der Waals surface area contributed by atoms with Crippen LogP contribution < -0.4 is 10.8 Å². The Bertz CT molecular complexity index is 581. The number of hydroxylamine groups is 1. The second kappa shape index (κ2) is 12.4. The number of ether oxygens (including phenoxy) is 1. The number of nitrogens with zero attached hydrogens (tertiary/aromatic N) is 1. The zero-order chi connectivity index (χ0) is 22.0. The zero-order valence-electron chi connectivity index (χ0n) is 17.9. The summed E-state index contributed by atoms with van der Waals surface area (Å²) in [6, 6.07) is -1.44. The first kappa shape index (κ1) is 24.9. The molecule has 1 fully saturated rings. The van der Waals surface area contributed by atoms with Gasteiger partial charge in [-0.3, -0.25) is 19.6 Å². The molecule has 3 atom stereocenters. The van der Waals surface area contributed by atoms with Crippen LogP contribution >= 0.6 is 0 Å². The Morgan fingerprint density at radius 3 is 2.45 bits per heavy atom. The number of hydrogen-bond donors (Lipinski definition) is 3. The van der Waals surface area contributed by atoms with Crippen molar-refractivity contribution in [1.29, 1.82) is 0 Å². The van der Waals surface area contributed by atoms with E-state index in [-0.39, 0.29) is 18.2 Å². The molecule has 1 aliphatic rings. The maximum atomic E-state index is 13.1. The van der Waals surface area contributed by atoms with Gasteiger partial charge in [0, 0.05) is 18.9 Å². The predicted molar refractivity (Wildman–Crippen MR) is 106 cm³/mol. The molecule has 9 heteroatoms. The summed E-state index contributed by atoms with van der Waals surface area (Å²) in [5, 5.41) is 11.6. The second-order valence-corrected chi connectivity index (χ2v) is 7.87. The van der Waals surface area contributed by atoms with Crippen molar-refractivity contribution in [2.24, 2.45) is 11.8 Å². The van der Waals surface area contributed by atoms with Gasteiger partial charge in [-0.1, -0.05) is 40.0 Å². The molecule has 1 heterocycles. The highest BCUT2D eigenvalue weighted by Gasteiger charge is 2.39. The van der Waals surface area contributed by atoms with E-state index < -0.39 is 35.8 Å². The Labute approximate surface area is 172 Å². The number of methoxy groups -OCH3 is 1. The van der Waals surface area contributed by atoms with Crippen LogP contribution in [0.15, 0.2) is 0 Å². The van der Waals surface area contributed by atoms with E-state index in [2.05, 4.69) is 5.32 Å². The number of nitrogens with one attached hydrogen (secondary N) is 2.